The molecule has 96 valence electrons. The number of fused-ring (bicyclic) bond motifs is 1. The lowest BCUT2D eigenvalue weighted by molar-refractivity contribution is 0.0959. The van der Waals surface area contributed by atoms with Crippen LogP contribution in [0.5, 0.6) is 0 Å². The Bertz CT molecular complexity index is 651. The van der Waals surface area contributed by atoms with Gasteiger partial charge in [0, 0.05) is 11.5 Å². The second-order valence-electron chi connectivity index (χ2n) is 4.78. The molecule has 0 aliphatic heterocycles. The third-order valence-corrected chi connectivity index (χ3v) is 3.97. The Kier molecular flexibility index (Phi) is 3.11. The minimum Gasteiger partial charge on any atom is -0.293 e. The van der Waals surface area contributed by atoms with Gasteiger partial charge in [0.25, 0.3) is 0 Å². The fourth-order valence-corrected chi connectivity index (χ4v) is 2.91. The number of Topliss-reactive ketones (excluding diaryl/α,β-unsaturated/α-hetero) is 1. The maximum atomic E-state index is 13.3. The monoisotopic (exact) mass is 274 g/mol. The largest absolute Gasteiger partial charge is 0.293 e. The molecule has 1 nitrogen and oxygen atoms in total. The van der Waals surface area contributed by atoms with Crippen molar-refractivity contribution < 1.29 is 9.18 Å². The molecule has 3 rings (SSSR count). The summed E-state index contributed by atoms with van der Waals surface area (Å²) in [6.07, 6.45) is 1.66. The number of hydrogen-bond donors (Lipinski definition) is 0. The van der Waals surface area contributed by atoms with Crippen molar-refractivity contribution in [3.05, 3.63) is 70.0 Å². The van der Waals surface area contributed by atoms with Crippen molar-refractivity contribution in [3.8, 4) is 0 Å². The van der Waals surface area contributed by atoms with Gasteiger partial charge in [-0.25, -0.2) is 4.39 Å². The van der Waals surface area contributed by atoms with E-state index in [9.17, 15) is 9.18 Å². The number of aryl methyl sites for hydroxylation is 1. The van der Waals surface area contributed by atoms with Crippen molar-refractivity contribution in [1.82, 2.24) is 0 Å². The van der Waals surface area contributed by atoms with Crippen molar-refractivity contribution in [1.29, 1.82) is 0 Å². The van der Waals surface area contributed by atoms with Gasteiger partial charge in [-0.15, -0.1) is 0 Å². The smallest absolute Gasteiger partial charge is 0.171 e. The molecule has 19 heavy (non-hydrogen) atoms. The number of hydrogen-bond acceptors (Lipinski definition) is 1. The summed E-state index contributed by atoms with van der Waals surface area (Å²) < 4.78 is 13.3. The molecule has 0 aromatic heterocycles. The van der Waals surface area contributed by atoms with Gasteiger partial charge in [0.05, 0.1) is 5.02 Å². The molecule has 1 aliphatic rings. The summed E-state index contributed by atoms with van der Waals surface area (Å²) in [5.41, 5.74) is 2.53. The molecule has 0 saturated carbocycles. The highest BCUT2D eigenvalue weighted by Crippen LogP contribution is 2.36. The van der Waals surface area contributed by atoms with E-state index in [0.29, 0.717) is 5.02 Å². The normalized spacial score (nSPS) is 17.3. The second kappa shape index (κ2) is 4.78. The van der Waals surface area contributed by atoms with Crippen LogP contribution in [0.4, 0.5) is 4.39 Å². The maximum Gasteiger partial charge on any atom is 0.171 e. The zero-order chi connectivity index (χ0) is 13.4. The number of carbonyl (C=O) groups excluding carboxylic acids is 1. The Hall–Kier alpha value is -1.67. The lowest BCUT2D eigenvalue weighted by Gasteiger charge is -2.11. The summed E-state index contributed by atoms with van der Waals surface area (Å²) in [5, 5.41) is 0.316. The zero-order valence-corrected chi connectivity index (χ0v) is 11.0. The van der Waals surface area contributed by atoms with E-state index in [1.165, 1.54) is 23.8 Å². The number of rotatable bonds is 2. The summed E-state index contributed by atoms with van der Waals surface area (Å²) in [7, 11) is 0. The van der Waals surface area contributed by atoms with Crippen LogP contribution in [-0.2, 0) is 6.42 Å². The van der Waals surface area contributed by atoms with E-state index in [-0.39, 0.29) is 17.3 Å². The first-order chi connectivity index (χ1) is 9.16. The molecule has 3 heteroatoms. The van der Waals surface area contributed by atoms with Gasteiger partial charge in [0.15, 0.2) is 5.78 Å². The average Bonchev–Trinajstić information content (AvgIpc) is 2.84. The van der Waals surface area contributed by atoms with Crippen LogP contribution in [0.1, 0.15) is 33.8 Å². The van der Waals surface area contributed by atoms with Gasteiger partial charge in [-0.1, -0.05) is 35.9 Å². The van der Waals surface area contributed by atoms with Crippen molar-refractivity contribution in [2.45, 2.75) is 18.8 Å². The van der Waals surface area contributed by atoms with E-state index >= 15 is 0 Å². The van der Waals surface area contributed by atoms with Crippen LogP contribution >= 0.6 is 11.6 Å². The van der Waals surface area contributed by atoms with Crippen molar-refractivity contribution in [2.24, 2.45) is 0 Å². The van der Waals surface area contributed by atoms with Crippen LogP contribution in [-0.4, -0.2) is 5.78 Å². The Balaban J connectivity index is 2.00. The first kappa shape index (κ1) is 12.4. The SMILES string of the molecule is O=C(c1cc(F)ccc1Cl)C1CCc2ccccc21. The molecule has 0 spiro atoms. The highest BCUT2D eigenvalue weighted by molar-refractivity contribution is 6.34. The second-order valence-corrected chi connectivity index (χ2v) is 5.19. The molecule has 2 aromatic rings. The number of carbonyl (C=O) groups is 1. The zero-order valence-electron chi connectivity index (χ0n) is 10.2. The van der Waals surface area contributed by atoms with Gasteiger partial charge in [-0.2, -0.15) is 0 Å². The number of halogens is 2. The summed E-state index contributed by atoms with van der Waals surface area (Å²) in [6, 6.07) is 11.8. The molecule has 0 N–H and O–H groups in total. The van der Waals surface area contributed by atoms with Crippen LogP contribution in [0.2, 0.25) is 5.02 Å². The standard InChI is InChI=1S/C16H12ClFO/c17-15-8-6-11(18)9-14(15)16(19)13-7-5-10-3-1-2-4-12(10)13/h1-4,6,8-9,13H,5,7H2. The molecule has 0 radical (unpaired) electrons. The van der Waals surface area contributed by atoms with E-state index in [1.54, 1.807) is 0 Å². The molecular weight excluding hydrogens is 263 g/mol. The van der Waals surface area contributed by atoms with E-state index in [2.05, 4.69) is 0 Å². The van der Waals surface area contributed by atoms with Gasteiger partial charge in [-0.05, 0) is 42.2 Å². The van der Waals surface area contributed by atoms with Crippen LogP contribution in [0.3, 0.4) is 0 Å². The lowest BCUT2D eigenvalue weighted by atomic mass is 9.92. The van der Waals surface area contributed by atoms with E-state index in [4.69, 9.17) is 11.6 Å². The summed E-state index contributed by atoms with van der Waals surface area (Å²) in [4.78, 5) is 12.5. The Morgan fingerprint density at radius 1 is 1.21 bits per heavy atom. The topological polar surface area (TPSA) is 17.1 Å². The first-order valence-electron chi connectivity index (χ1n) is 6.24. The van der Waals surface area contributed by atoms with Crippen LogP contribution in [0.15, 0.2) is 42.5 Å². The number of ketones is 1. The molecular formula is C16H12ClFO. The van der Waals surface area contributed by atoms with Crippen molar-refractivity contribution in [3.63, 3.8) is 0 Å². The van der Waals surface area contributed by atoms with Gasteiger partial charge in [0.2, 0.25) is 0 Å². The van der Waals surface area contributed by atoms with Crippen LogP contribution in [0.25, 0.3) is 0 Å². The molecule has 1 aliphatic carbocycles. The van der Waals surface area contributed by atoms with E-state index < -0.39 is 5.82 Å². The third-order valence-electron chi connectivity index (χ3n) is 3.64. The molecule has 2 aromatic carbocycles. The van der Waals surface area contributed by atoms with Gasteiger partial charge < -0.3 is 0 Å². The summed E-state index contributed by atoms with van der Waals surface area (Å²) in [5.74, 6) is -0.719. The minimum absolute atomic E-state index is 0.0885. The molecule has 1 atom stereocenters. The van der Waals surface area contributed by atoms with E-state index in [1.807, 2.05) is 24.3 Å². The molecule has 0 heterocycles. The summed E-state index contributed by atoms with van der Waals surface area (Å²) >= 11 is 6.01. The van der Waals surface area contributed by atoms with Gasteiger partial charge >= 0.3 is 0 Å². The first-order valence-corrected chi connectivity index (χ1v) is 6.61. The molecule has 1 unspecified atom stereocenters. The fourth-order valence-electron chi connectivity index (χ4n) is 2.70. The predicted octanol–water partition coefficient (Wildman–Crippen LogP) is 4.39. The average molecular weight is 275 g/mol. The number of benzene rings is 2. The Labute approximate surface area is 116 Å². The van der Waals surface area contributed by atoms with Gasteiger partial charge in [0.1, 0.15) is 5.82 Å². The molecule has 0 bridgehead atoms. The van der Waals surface area contributed by atoms with Crippen LogP contribution < -0.4 is 0 Å². The van der Waals surface area contributed by atoms with Crippen molar-refractivity contribution >= 4 is 17.4 Å². The minimum atomic E-state index is -0.431. The lowest BCUT2D eigenvalue weighted by Crippen LogP contribution is -2.11. The molecule has 0 saturated heterocycles. The van der Waals surface area contributed by atoms with Crippen LogP contribution in [0, 0.1) is 5.82 Å². The maximum absolute atomic E-state index is 13.3. The van der Waals surface area contributed by atoms with Crippen molar-refractivity contribution in [2.75, 3.05) is 0 Å². The Morgan fingerprint density at radius 2 is 2.00 bits per heavy atom. The third kappa shape index (κ3) is 2.17. The highest BCUT2D eigenvalue weighted by Gasteiger charge is 2.30. The van der Waals surface area contributed by atoms with E-state index in [0.717, 1.165) is 18.4 Å². The highest BCUT2D eigenvalue weighted by atomic mass is 35.5. The fraction of sp³-hybridized carbons (Fsp3) is 0.188. The molecule has 0 amide bonds. The Morgan fingerprint density at radius 3 is 2.84 bits per heavy atom. The van der Waals surface area contributed by atoms with Gasteiger partial charge in [-0.3, -0.25) is 4.79 Å². The molecule has 0 fully saturated rings. The predicted molar refractivity (Wildman–Crippen MR) is 73.2 cm³/mol. The summed E-state index contributed by atoms with van der Waals surface area (Å²) in [6.45, 7) is 0. The quantitative estimate of drug-likeness (QED) is 0.742.